The van der Waals surface area contributed by atoms with Gasteiger partial charge in [-0.3, -0.25) is 4.79 Å². The van der Waals surface area contributed by atoms with Gasteiger partial charge in [-0.05, 0) is 23.1 Å². The number of thiophene rings is 1. The number of aromatic nitrogens is 2. The number of nitrogens with one attached hydrogen (secondary N) is 1. The lowest BCUT2D eigenvalue weighted by Gasteiger charge is -2.29. The van der Waals surface area contributed by atoms with E-state index >= 15 is 0 Å². The molecule has 2 heterocycles. The van der Waals surface area contributed by atoms with Crippen molar-refractivity contribution in [2.24, 2.45) is 5.41 Å². The zero-order valence-electron chi connectivity index (χ0n) is 14.0. The molecule has 1 atom stereocenters. The average Bonchev–Trinajstić information content (AvgIpc) is 3.15. The monoisotopic (exact) mass is 353 g/mol. The van der Waals surface area contributed by atoms with Crippen LogP contribution in [0.1, 0.15) is 33.1 Å². The third-order valence-corrected chi connectivity index (χ3v) is 5.82. The van der Waals surface area contributed by atoms with Crippen molar-refractivity contribution in [2.45, 2.75) is 38.9 Å². The highest BCUT2D eigenvalue weighted by atomic mass is 32.2. The molecule has 23 heavy (non-hydrogen) atoms. The zero-order chi connectivity index (χ0) is 16.9. The van der Waals surface area contributed by atoms with Crippen LogP contribution in [0.5, 0.6) is 0 Å². The van der Waals surface area contributed by atoms with Crippen LogP contribution in [0.15, 0.2) is 22.0 Å². The predicted octanol–water partition coefficient (Wildman–Crippen LogP) is 3.62. The van der Waals surface area contributed by atoms with Crippen molar-refractivity contribution in [3.8, 4) is 10.7 Å². The van der Waals surface area contributed by atoms with Crippen molar-refractivity contribution in [3.05, 3.63) is 23.4 Å². The first-order valence-corrected chi connectivity index (χ1v) is 9.73. The quantitative estimate of drug-likeness (QED) is 0.823. The Morgan fingerprint density at radius 2 is 2.26 bits per heavy atom. The van der Waals surface area contributed by atoms with E-state index in [1.54, 1.807) is 23.1 Å². The molecule has 126 valence electrons. The van der Waals surface area contributed by atoms with Crippen LogP contribution in [-0.4, -0.2) is 34.1 Å². The number of amides is 1. The Labute approximate surface area is 145 Å². The lowest BCUT2D eigenvalue weighted by Crippen LogP contribution is -2.37. The first kappa shape index (κ1) is 18.0. The molecule has 2 aromatic heterocycles. The predicted molar refractivity (Wildman–Crippen MR) is 95.7 cm³/mol. The Morgan fingerprint density at radius 3 is 2.87 bits per heavy atom. The number of carbonyl (C=O) groups is 1. The molecule has 0 aliphatic heterocycles. The van der Waals surface area contributed by atoms with Crippen molar-refractivity contribution in [3.63, 3.8) is 0 Å². The van der Waals surface area contributed by atoms with E-state index in [0.29, 0.717) is 36.4 Å². The summed E-state index contributed by atoms with van der Waals surface area (Å²) in [5.41, 5.74) is 0.162. The van der Waals surface area contributed by atoms with E-state index in [2.05, 4.69) is 42.5 Å². The molecule has 0 saturated heterocycles. The van der Waals surface area contributed by atoms with Crippen LogP contribution >= 0.6 is 23.1 Å². The van der Waals surface area contributed by atoms with Crippen LogP contribution in [0.4, 0.5) is 0 Å². The van der Waals surface area contributed by atoms with Gasteiger partial charge in [-0.2, -0.15) is 16.7 Å². The maximum atomic E-state index is 12.0. The third kappa shape index (κ3) is 5.35. The molecule has 0 bridgehead atoms. The number of hydrogen-bond donors (Lipinski definition) is 1. The fourth-order valence-corrected chi connectivity index (χ4v) is 3.73. The van der Waals surface area contributed by atoms with Crippen molar-refractivity contribution >= 4 is 29.0 Å². The highest BCUT2D eigenvalue weighted by Crippen LogP contribution is 2.28. The molecule has 0 aliphatic carbocycles. The molecular formula is C16H23N3O2S2. The zero-order valence-corrected chi connectivity index (χ0v) is 15.6. The maximum absolute atomic E-state index is 12.0. The van der Waals surface area contributed by atoms with Crippen molar-refractivity contribution in [1.82, 2.24) is 15.5 Å². The second-order valence-corrected chi connectivity index (χ2v) is 8.37. The summed E-state index contributed by atoms with van der Waals surface area (Å²) in [6.45, 7) is 7.23. The number of aryl methyl sites for hydroxylation is 1. The van der Waals surface area contributed by atoms with Gasteiger partial charge in [0.1, 0.15) is 0 Å². The molecule has 0 aliphatic rings. The summed E-state index contributed by atoms with van der Waals surface area (Å²) in [5.74, 6) is 1.11. The minimum absolute atomic E-state index is 0.0178. The minimum Gasteiger partial charge on any atom is -0.355 e. The van der Waals surface area contributed by atoms with Gasteiger partial charge in [0.2, 0.25) is 17.6 Å². The Morgan fingerprint density at radius 1 is 1.48 bits per heavy atom. The molecule has 0 aromatic carbocycles. The van der Waals surface area contributed by atoms with Crippen molar-refractivity contribution in [2.75, 3.05) is 12.8 Å². The molecule has 1 amide bonds. The van der Waals surface area contributed by atoms with E-state index in [4.69, 9.17) is 4.52 Å². The van der Waals surface area contributed by atoms with Gasteiger partial charge in [0.05, 0.1) is 4.88 Å². The van der Waals surface area contributed by atoms with Gasteiger partial charge < -0.3 is 9.84 Å². The van der Waals surface area contributed by atoms with E-state index in [-0.39, 0.29) is 11.3 Å². The highest BCUT2D eigenvalue weighted by Gasteiger charge is 2.24. The summed E-state index contributed by atoms with van der Waals surface area (Å²) < 4.78 is 5.20. The first-order chi connectivity index (χ1) is 10.9. The van der Waals surface area contributed by atoms with Crippen LogP contribution < -0.4 is 5.32 Å². The summed E-state index contributed by atoms with van der Waals surface area (Å²) in [6.07, 6.45) is 2.90. The van der Waals surface area contributed by atoms with Gasteiger partial charge in [0.15, 0.2) is 0 Å². The van der Waals surface area contributed by atoms with E-state index in [9.17, 15) is 4.79 Å². The fourth-order valence-electron chi connectivity index (χ4n) is 2.12. The van der Waals surface area contributed by atoms with Gasteiger partial charge in [-0.25, -0.2) is 0 Å². The molecule has 0 fully saturated rings. The largest absolute Gasteiger partial charge is 0.355 e. The number of thioether (sulfide) groups is 1. The lowest BCUT2D eigenvalue weighted by molar-refractivity contribution is -0.121. The van der Waals surface area contributed by atoms with Crippen LogP contribution in [0, 0.1) is 5.41 Å². The first-order valence-electron chi connectivity index (χ1n) is 7.56. The normalized spacial score (nSPS) is 13.0. The Kier molecular flexibility index (Phi) is 6.24. The second-order valence-electron chi connectivity index (χ2n) is 6.38. The topological polar surface area (TPSA) is 68.0 Å². The van der Waals surface area contributed by atoms with Crippen LogP contribution in [-0.2, 0) is 11.2 Å². The number of rotatable bonds is 7. The van der Waals surface area contributed by atoms with Gasteiger partial charge in [-0.1, -0.05) is 32.0 Å². The Hall–Kier alpha value is -1.34. The van der Waals surface area contributed by atoms with Gasteiger partial charge >= 0.3 is 0 Å². The summed E-state index contributed by atoms with van der Waals surface area (Å²) in [6, 6.07) is 3.89. The van der Waals surface area contributed by atoms with Crippen LogP contribution in [0.2, 0.25) is 0 Å². The summed E-state index contributed by atoms with van der Waals surface area (Å²) in [4.78, 5) is 17.3. The molecule has 0 saturated carbocycles. The standard InChI is InChI=1S/C16H23N3O2S2/c1-16(2,3)12(22-4)10-17-13(20)7-8-14-18-15(19-21-14)11-6-5-9-23-11/h5-6,9,12H,7-8,10H2,1-4H3,(H,17,20). The molecule has 1 N–H and O–H groups in total. The lowest BCUT2D eigenvalue weighted by atomic mass is 9.91. The third-order valence-electron chi connectivity index (χ3n) is 3.51. The molecular weight excluding hydrogens is 330 g/mol. The minimum atomic E-state index is 0.0178. The average molecular weight is 354 g/mol. The van der Waals surface area contributed by atoms with E-state index in [0.717, 1.165) is 4.88 Å². The molecule has 2 aromatic rings. The Bertz CT molecular complexity index is 618. The van der Waals surface area contributed by atoms with Gasteiger partial charge in [0.25, 0.3) is 0 Å². The fraction of sp³-hybridized carbons (Fsp3) is 0.562. The van der Waals surface area contributed by atoms with Crippen molar-refractivity contribution < 1.29 is 9.32 Å². The Balaban J connectivity index is 1.78. The number of nitrogens with zero attached hydrogens (tertiary/aromatic N) is 2. The molecule has 1 unspecified atom stereocenters. The number of carbonyl (C=O) groups excluding carboxylic acids is 1. The second kappa shape index (κ2) is 7.97. The van der Waals surface area contributed by atoms with Crippen LogP contribution in [0.25, 0.3) is 10.7 Å². The van der Waals surface area contributed by atoms with E-state index in [1.807, 2.05) is 17.5 Å². The summed E-state index contributed by atoms with van der Waals surface area (Å²) >= 11 is 3.34. The molecule has 2 rings (SSSR count). The van der Waals surface area contributed by atoms with E-state index < -0.39 is 0 Å². The summed E-state index contributed by atoms with van der Waals surface area (Å²) in [7, 11) is 0. The molecule has 0 radical (unpaired) electrons. The van der Waals surface area contributed by atoms with Crippen molar-refractivity contribution in [1.29, 1.82) is 0 Å². The number of hydrogen-bond acceptors (Lipinski definition) is 6. The van der Waals surface area contributed by atoms with Gasteiger partial charge in [-0.15, -0.1) is 11.3 Å². The maximum Gasteiger partial charge on any atom is 0.227 e. The highest BCUT2D eigenvalue weighted by molar-refractivity contribution is 7.99. The summed E-state index contributed by atoms with van der Waals surface area (Å²) in [5, 5.41) is 9.30. The van der Waals surface area contributed by atoms with E-state index in [1.165, 1.54) is 0 Å². The smallest absolute Gasteiger partial charge is 0.227 e. The SMILES string of the molecule is CSC(CNC(=O)CCc1nc(-c2cccs2)no1)C(C)(C)C. The molecule has 0 spiro atoms. The van der Waals surface area contributed by atoms with Crippen LogP contribution in [0.3, 0.4) is 0 Å². The molecule has 5 nitrogen and oxygen atoms in total. The molecule has 7 heteroatoms. The van der Waals surface area contributed by atoms with Gasteiger partial charge in [0, 0.05) is 24.6 Å².